The van der Waals surface area contributed by atoms with E-state index in [-0.39, 0.29) is 25.2 Å². The van der Waals surface area contributed by atoms with Crippen molar-refractivity contribution in [3.8, 4) is 0 Å². The van der Waals surface area contributed by atoms with Crippen molar-refractivity contribution < 1.29 is 31.9 Å². The molecule has 0 aliphatic rings. The van der Waals surface area contributed by atoms with E-state index in [1.165, 1.54) is 0 Å². The minimum atomic E-state index is -4.36. The number of rotatable bonds is 8. The number of benzene rings is 1. The Labute approximate surface area is 130 Å². The molecule has 8 heteroatoms. The standard InChI is InChI=1S/C15H17F4NO3/c1-10-5-7-11(8-6-10)20-12(21)3-2-4-13(22)23-9-15(18,19)14(16)17/h5-8,14H,2-4,9H2,1H3,(H,20,21). The maximum Gasteiger partial charge on any atom is 0.340 e. The molecule has 1 N–H and O–H groups in total. The molecule has 0 aliphatic carbocycles. The van der Waals surface area contributed by atoms with Gasteiger partial charge in [0.25, 0.3) is 0 Å². The number of halogens is 4. The van der Waals surface area contributed by atoms with Crippen molar-refractivity contribution in [2.24, 2.45) is 0 Å². The Morgan fingerprint density at radius 2 is 1.78 bits per heavy atom. The van der Waals surface area contributed by atoms with Gasteiger partial charge in [-0.15, -0.1) is 0 Å². The van der Waals surface area contributed by atoms with Crippen LogP contribution in [0.25, 0.3) is 0 Å². The first kappa shape index (κ1) is 18.9. The third kappa shape index (κ3) is 7.12. The van der Waals surface area contributed by atoms with Gasteiger partial charge in [0.1, 0.15) is 0 Å². The highest BCUT2D eigenvalue weighted by Gasteiger charge is 2.42. The van der Waals surface area contributed by atoms with Crippen molar-refractivity contribution >= 4 is 17.6 Å². The molecule has 1 aromatic carbocycles. The van der Waals surface area contributed by atoms with Crippen LogP contribution in [-0.4, -0.2) is 30.8 Å². The maximum atomic E-state index is 12.5. The molecule has 1 amide bonds. The SMILES string of the molecule is Cc1ccc(NC(=O)CCCC(=O)OCC(F)(F)C(F)F)cc1. The van der Waals surface area contributed by atoms with Gasteiger partial charge in [-0.05, 0) is 25.5 Å². The van der Waals surface area contributed by atoms with Gasteiger partial charge in [-0.1, -0.05) is 17.7 Å². The lowest BCUT2D eigenvalue weighted by molar-refractivity contribution is -0.179. The summed E-state index contributed by atoms with van der Waals surface area (Å²) in [5.74, 6) is -5.76. The molecule has 0 fully saturated rings. The van der Waals surface area contributed by atoms with E-state index < -0.39 is 24.9 Å². The minimum Gasteiger partial charge on any atom is -0.459 e. The number of carbonyl (C=O) groups is 2. The van der Waals surface area contributed by atoms with E-state index in [2.05, 4.69) is 10.1 Å². The van der Waals surface area contributed by atoms with Crippen molar-refractivity contribution in [2.45, 2.75) is 38.5 Å². The molecule has 1 rings (SSSR count). The number of anilines is 1. The van der Waals surface area contributed by atoms with Gasteiger partial charge in [0, 0.05) is 18.5 Å². The molecule has 4 nitrogen and oxygen atoms in total. The van der Waals surface area contributed by atoms with Crippen LogP contribution in [0.2, 0.25) is 0 Å². The molecule has 0 atom stereocenters. The van der Waals surface area contributed by atoms with Crippen LogP contribution in [0.15, 0.2) is 24.3 Å². The third-order valence-electron chi connectivity index (χ3n) is 2.86. The Morgan fingerprint density at radius 3 is 2.35 bits per heavy atom. The van der Waals surface area contributed by atoms with Crippen LogP contribution in [-0.2, 0) is 14.3 Å². The highest BCUT2D eigenvalue weighted by atomic mass is 19.3. The fourth-order valence-electron chi connectivity index (χ4n) is 1.57. The largest absolute Gasteiger partial charge is 0.459 e. The molecule has 0 radical (unpaired) electrons. The lowest BCUT2D eigenvalue weighted by Crippen LogP contribution is -2.33. The smallest absolute Gasteiger partial charge is 0.340 e. The second kappa shape index (κ2) is 8.50. The Kier molecular flexibility index (Phi) is 6.99. The van der Waals surface area contributed by atoms with E-state index in [9.17, 15) is 27.2 Å². The second-order valence-corrected chi connectivity index (χ2v) is 4.99. The zero-order valence-corrected chi connectivity index (χ0v) is 12.5. The number of nitrogens with one attached hydrogen (secondary N) is 1. The summed E-state index contributed by atoms with van der Waals surface area (Å²) in [5.41, 5.74) is 1.63. The summed E-state index contributed by atoms with van der Waals surface area (Å²) in [6.07, 6.45) is -4.15. The third-order valence-corrected chi connectivity index (χ3v) is 2.86. The van der Waals surface area contributed by atoms with Gasteiger partial charge in [-0.2, -0.15) is 8.78 Å². The number of alkyl halides is 4. The van der Waals surface area contributed by atoms with Crippen molar-refractivity contribution in [2.75, 3.05) is 11.9 Å². The molecule has 0 spiro atoms. The number of hydrogen-bond acceptors (Lipinski definition) is 3. The summed E-state index contributed by atoms with van der Waals surface area (Å²) in [4.78, 5) is 22.8. The molecule has 0 unspecified atom stereocenters. The van der Waals surface area contributed by atoms with Crippen LogP contribution in [0.1, 0.15) is 24.8 Å². The number of hydrogen-bond donors (Lipinski definition) is 1. The topological polar surface area (TPSA) is 55.4 Å². The number of esters is 1. The van der Waals surface area contributed by atoms with Gasteiger partial charge in [-0.25, -0.2) is 8.78 Å². The highest BCUT2D eigenvalue weighted by molar-refractivity contribution is 5.90. The molecule has 23 heavy (non-hydrogen) atoms. The zero-order chi connectivity index (χ0) is 17.5. The van der Waals surface area contributed by atoms with Crippen LogP contribution >= 0.6 is 0 Å². The number of aryl methyl sites for hydroxylation is 1. The molecule has 0 aliphatic heterocycles. The van der Waals surface area contributed by atoms with Gasteiger partial charge in [0.2, 0.25) is 5.91 Å². The molecule has 0 aromatic heterocycles. The first-order valence-electron chi connectivity index (χ1n) is 6.89. The predicted octanol–water partition coefficient (Wildman–Crippen LogP) is 3.55. The monoisotopic (exact) mass is 335 g/mol. The lowest BCUT2D eigenvalue weighted by atomic mass is 10.2. The van der Waals surface area contributed by atoms with Crippen molar-refractivity contribution in [3.05, 3.63) is 29.8 Å². The van der Waals surface area contributed by atoms with E-state index >= 15 is 0 Å². The molecule has 1 aromatic rings. The average molecular weight is 335 g/mol. The molecule has 0 saturated heterocycles. The molecule has 0 saturated carbocycles. The summed E-state index contributed by atoms with van der Waals surface area (Å²) in [6, 6.07) is 7.06. The normalized spacial score (nSPS) is 11.4. The Bertz CT molecular complexity index is 532. The van der Waals surface area contributed by atoms with Gasteiger partial charge in [0.05, 0.1) is 0 Å². The van der Waals surface area contributed by atoms with E-state index in [0.29, 0.717) is 5.69 Å². The van der Waals surface area contributed by atoms with Gasteiger partial charge < -0.3 is 10.1 Å². The van der Waals surface area contributed by atoms with Crippen molar-refractivity contribution in [1.29, 1.82) is 0 Å². The summed E-state index contributed by atoms with van der Waals surface area (Å²) in [5, 5.41) is 2.60. The molecule has 0 bridgehead atoms. The zero-order valence-electron chi connectivity index (χ0n) is 12.5. The predicted molar refractivity (Wildman–Crippen MR) is 75.6 cm³/mol. The van der Waals surface area contributed by atoms with E-state index in [1.807, 2.05) is 19.1 Å². The van der Waals surface area contributed by atoms with E-state index in [4.69, 9.17) is 0 Å². The fraction of sp³-hybridized carbons (Fsp3) is 0.467. The number of ether oxygens (including phenoxy) is 1. The maximum absolute atomic E-state index is 12.5. The second-order valence-electron chi connectivity index (χ2n) is 4.99. The number of carbonyl (C=O) groups excluding carboxylic acids is 2. The van der Waals surface area contributed by atoms with Gasteiger partial charge in [0.15, 0.2) is 6.61 Å². The van der Waals surface area contributed by atoms with Crippen LogP contribution in [0.3, 0.4) is 0 Å². The minimum absolute atomic E-state index is 0.0196. The van der Waals surface area contributed by atoms with Crippen LogP contribution in [0.5, 0.6) is 0 Å². The molecular formula is C15H17F4NO3. The van der Waals surface area contributed by atoms with Crippen LogP contribution in [0, 0.1) is 6.92 Å². The van der Waals surface area contributed by atoms with Crippen molar-refractivity contribution in [3.63, 3.8) is 0 Å². The Hall–Kier alpha value is -2.12. The van der Waals surface area contributed by atoms with Crippen molar-refractivity contribution in [1.82, 2.24) is 0 Å². The first-order valence-corrected chi connectivity index (χ1v) is 6.89. The van der Waals surface area contributed by atoms with Gasteiger partial charge in [-0.3, -0.25) is 9.59 Å². The molecular weight excluding hydrogens is 318 g/mol. The Morgan fingerprint density at radius 1 is 1.17 bits per heavy atom. The Balaban J connectivity index is 2.24. The summed E-state index contributed by atoms with van der Waals surface area (Å²) >= 11 is 0. The van der Waals surface area contributed by atoms with Crippen LogP contribution in [0.4, 0.5) is 23.2 Å². The summed E-state index contributed by atoms with van der Waals surface area (Å²) < 4.78 is 52.9. The van der Waals surface area contributed by atoms with E-state index in [0.717, 1.165) is 5.56 Å². The van der Waals surface area contributed by atoms with Gasteiger partial charge >= 0.3 is 18.3 Å². The molecule has 0 heterocycles. The fourth-order valence-corrected chi connectivity index (χ4v) is 1.57. The first-order chi connectivity index (χ1) is 10.7. The average Bonchev–Trinajstić information content (AvgIpc) is 2.47. The summed E-state index contributed by atoms with van der Waals surface area (Å²) in [6.45, 7) is 0.230. The quantitative estimate of drug-likeness (QED) is 0.584. The number of amides is 1. The molecule has 128 valence electrons. The lowest BCUT2D eigenvalue weighted by Gasteiger charge is -2.14. The highest BCUT2D eigenvalue weighted by Crippen LogP contribution is 2.23. The van der Waals surface area contributed by atoms with E-state index in [1.54, 1.807) is 12.1 Å². The summed E-state index contributed by atoms with van der Waals surface area (Å²) in [7, 11) is 0. The van der Waals surface area contributed by atoms with Crippen LogP contribution < -0.4 is 5.32 Å².